The molecule has 0 aliphatic rings. The van der Waals surface area contributed by atoms with Crippen LogP contribution in [0.15, 0.2) is 12.1 Å². The normalized spacial score (nSPS) is 8.50. The fraction of sp³-hybridized carbons (Fsp3) is 0. The molecular formula is C6H2Cl3FN2. The van der Waals surface area contributed by atoms with Gasteiger partial charge in [0.2, 0.25) is 5.39 Å². The zero-order valence-corrected chi connectivity index (χ0v) is 7.83. The lowest BCUT2D eigenvalue weighted by Gasteiger charge is -1.89. The van der Waals surface area contributed by atoms with Crippen molar-refractivity contribution in [2.24, 2.45) is 0 Å². The van der Waals surface area contributed by atoms with Gasteiger partial charge in [-0.25, -0.2) is 4.39 Å². The third-order valence-electron chi connectivity index (χ3n) is 1.10. The van der Waals surface area contributed by atoms with Crippen LogP contribution < -0.4 is 12.4 Å². The Bertz CT molecular complexity index is 334. The molecule has 0 saturated carbocycles. The van der Waals surface area contributed by atoms with Crippen molar-refractivity contribution in [2.75, 3.05) is 0 Å². The fourth-order valence-corrected chi connectivity index (χ4v) is 1.01. The van der Waals surface area contributed by atoms with E-state index in [2.05, 4.69) is 4.98 Å². The molecule has 0 aromatic heterocycles. The zero-order chi connectivity index (χ0) is 8.43. The van der Waals surface area contributed by atoms with Crippen LogP contribution in [0.2, 0.25) is 10.0 Å². The molecule has 1 aromatic carbocycles. The number of nitrogens with zero attached hydrogens (tertiary/aromatic N) is 2. The SMILES string of the molecule is N#[N+]c1cc(F)c(Cl)cc1Cl.[Cl-]. The number of benzene rings is 1. The van der Waals surface area contributed by atoms with Gasteiger partial charge in [0.05, 0.1) is 11.1 Å². The smallest absolute Gasteiger partial charge is 0.406 e. The van der Waals surface area contributed by atoms with E-state index in [-0.39, 0.29) is 28.1 Å². The van der Waals surface area contributed by atoms with E-state index in [4.69, 9.17) is 28.6 Å². The van der Waals surface area contributed by atoms with E-state index in [0.717, 1.165) is 6.07 Å². The maximum Gasteiger partial charge on any atom is 0.406 e. The first-order chi connectivity index (χ1) is 5.15. The molecule has 0 amide bonds. The van der Waals surface area contributed by atoms with E-state index in [1.807, 2.05) is 0 Å². The maximum absolute atomic E-state index is 12.6. The van der Waals surface area contributed by atoms with Crippen LogP contribution in [0.4, 0.5) is 10.1 Å². The van der Waals surface area contributed by atoms with E-state index in [1.165, 1.54) is 6.07 Å². The Kier molecular flexibility index (Phi) is 4.25. The molecule has 0 heterocycles. The van der Waals surface area contributed by atoms with Gasteiger partial charge in [-0.1, -0.05) is 23.2 Å². The molecule has 12 heavy (non-hydrogen) atoms. The molecule has 64 valence electrons. The van der Waals surface area contributed by atoms with Crippen LogP contribution in [0.25, 0.3) is 4.98 Å². The summed E-state index contributed by atoms with van der Waals surface area (Å²) in [5.41, 5.74) is -0.0337. The van der Waals surface area contributed by atoms with Crippen LogP contribution in [0.3, 0.4) is 0 Å². The summed E-state index contributed by atoms with van der Waals surface area (Å²) in [6.07, 6.45) is 0. The van der Waals surface area contributed by atoms with E-state index < -0.39 is 5.82 Å². The van der Waals surface area contributed by atoms with Crippen molar-refractivity contribution in [3.8, 4) is 0 Å². The maximum atomic E-state index is 12.6. The monoisotopic (exact) mass is 226 g/mol. The molecule has 0 aliphatic heterocycles. The molecule has 0 fully saturated rings. The molecule has 0 saturated heterocycles. The van der Waals surface area contributed by atoms with Gasteiger partial charge in [-0.2, -0.15) is 0 Å². The molecule has 1 aromatic rings. The van der Waals surface area contributed by atoms with Crippen molar-refractivity contribution in [1.29, 1.82) is 5.39 Å². The quantitative estimate of drug-likeness (QED) is 0.472. The van der Waals surface area contributed by atoms with Crippen LogP contribution in [-0.4, -0.2) is 0 Å². The minimum absolute atomic E-state index is 0. The predicted molar refractivity (Wildman–Crippen MR) is 41.2 cm³/mol. The van der Waals surface area contributed by atoms with Crippen molar-refractivity contribution in [1.82, 2.24) is 0 Å². The summed E-state index contributed by atoms with van der Waals surface area (Å²) in [7, 11) is 0. The molecule has 0 unspecified atom stereocenters. The van der Waals surface area contributed by atoms with Crippen LogP contribution in [0.5, 0.6) is 0 Å². The fourth-order valence-electron chi connectivity index (χ4n) is 0.589. The Balaban J connectivity index is 0.00000121. The van der Waals surface area contributed by atoms with Gasteiger partial charge in [-0.05, 0) is 6.07 Å². The first-order valence-electron chi connectivity index (χ1n) is 2.65. The van der Waals surface area contributed by atoms with Gasteiger partial charge in [0.25, 0.3) is 0 Å². The second-order valence-electron chi connectivity index (χ2n) is 1.82. The average molecular weight is 227 g/mol. The lowest BCUT2D eigenvalue weighted by atomic mass is 10.3. The Labute approximate surface area is 84.3 Å². The molecule has 0 aliphatic carbocycles. The lowest BCUT2D eigenvalue weighted by Crippen LogP contribution is -3.00. The second kappa shape index (κ2) is 4.46. The summed E-state index contributed by atoms with van der Waals surface area (Å²) < 4.78 is 12.6. The van der Waals surface area contributed by atoms with E-state index in [0.29, 0.717) is 0 Å². The number of rotatable bonds is 0. The summed E-state index contributed by atoms with van der Waals surface area (Å²) >= 11 is 10.9. The first kappa shape index (κ1) is 11.4. The minimum Gasteiger partial charge on any atom is -1.00 e. The Morgan fingerprint density at radius 2 is 1.83 bits per heavy atom. The molecule has 0 spiro atoms. The molecular weight excluding hydrogens is 225 g/mol. The van der Waals surface area contributed by atoms with Crippen molar-refractivity contribution in [3.05, 3.63) is 33.0 Å². The summed E-state index contributed by atoms with van der Waals surface area (Å²) in [6, 6.07) is 2.12. The summed E-state index contributed by atoms with van der Waals surface area (Å²) in [4.78, 5) is 2.74. The number of hydrogen-bond donors (Lipinski definition) is 0. The highest BCUT2D eigenvalue weighted by molar-refractivity contribution is 6.36. The molecule has 0 N–H and O–H groups in total. The topological polar surface area (TPSA) is 28.1 Å². The third kappa shape index (κ3) is 2.21. The number of halogens is 4. The summed E-state index contributed by atoms with van der Waals surface area (Å²) in [6.45, 7) is 0. The molecule has 0 atom stereocenters. The summed E-state index contributed by atoms with van der Waals surface area (Å²) in [5, 5.41) is 8.28. The summed E-state index contributed by atoms with van der Waals surface area (Å²) in [5.74, 6) is -0.663. The predicted octanol–water partition coefficient (Wildman–Crippen LogP) is 0.621. The molecule has 6 heteroatoms. The van der Waals surface area contributed by atoms with E-state index >= 15 is 0 Å². The van der Waals surface area contributed by atoms with Crippen molar-refractivity contribution >= 4 is 28.9 Å². The van der Waals surface area contributed by atoms with E-state index in [9.17, 15) is 4.39 Å². The van der Waals surface area contributed by atoms with E-state index in [1.54, 1.807) is 0 Å². The number of hydrogen-bond acceptors (Lipinski definition) is 1. The lowest BCUT2D eigenvalue weighted by molar-refractivity contribution is -0.00000287. The molecule has 0 bridgehead atoms. The van der Waals surface area contributed by atoms with Gasteiger partial charge in [-0.3, -0.25) is 0 Å². The minimum atomic E-state index is -0.663. The highest BCUT2D eigenvalue weighted by Crippen LogP contribution is 2.29. The highest BCUT2D eigenvalue weighted by Gasteiger charge is 2.15. The van der Waals surface area contributed by atoms with Crippen LogP contribution in [0, 0.1) is 11.2 Å². The number of diazo groups is 1. The van der Waals surface area contributed by atoms with Crippen molar-refractivity contribution in [2.45, 2.75) is 0 Å². The Morgan fingerprint density at radius 1 is 1.25 bits per heavy atom. The van der Waals surface area contributed by atoms with Gasteiger partial charge < -0.3 is 12.4 Å². The van der Waals surface area contributed by atoms with Gasteiger partial charge in [0.15, 0.2) is 4.98 Å². The average Bonchev–Trinajstić information content (AvgIpc) is 1.97. The van der Waals surface area contributed by atoms with Crippen LogP contribution in [0.1, 0.15) is 0 Å². The van der Waals surface area contributed by atoms with Gasteiger partial charge >= 0.3 is 5.69 Å². The third-order valence-corrected chi connectivity index (χ3v) is 1.69. The van der Waals surface area contributed by atoms with Gasteiger partial charge in [0.1, 0.15) is 10.8 Å². The molecule has 0 radical (unpaired) electrons. The highest BCUT2D eigenvalue weighted by atomic mass is 35.5. The van der Waals surface area contributed by atoms with Gasteiger partial charge in [-0.15, -0.1) is 0 Å². The standard InChI is InChI=1S/C6H2Cl2FN2.ClH/c7-3-1-4(8)6(11-10)2-5(3)9;/h1-2H;1H/q+1;/p-1. The second-order valence-corrected chi connectivity index (χ2v) is 2.63. The van der Waals surface area contributed by atoms with Crippen molar-refractivity contribution < 1.29 is 16.8 Å². The Hall–Kier alpha value is -0.560. The largest absolute Gasteiger partial charge is 1.00 e. The molecule has 2 nitrogen and oxygen atoms in total. The van der Waals surface area contributed by atoms with Crippen LogP contribution in [-0.2, 0) is 0 Å². The zero-order valence-electron chi connectivity index (χ0n) is 5.56. The Morgan fingerprint density at radius 3 is 2.33 bits per heavy atom. The first-order valence-corrected chi connectivity index (χ1v) is 3.40. The van der Waals surface area contributed by atoms with Crippen molar-refractivity contribution in [3.63, 3.8) is 0 Å². The van der Waals surface area contributed by atoms with Gasteiger partial charge in [0, 0.05) is 0 Å². The van der Waals surface area contributed by atoms with Crippen LogP contribution >= 0.6 is 23.2 Å². The molecule has 1 rings (SSSR count).